The molecule has 150 valence electrons. The van der Waals surface area contributed by atoms with Crippen LogP contribution in [0.25, 0.3) is 0 Å². The van der Waals surface area contributed by atoms with Crippen molar-refractivity contribution in [1.29, 1.82) is 0 Å². The molecule has 0 radical (unpaired) electrons. The number of thioether (sulfide) groups is 1. The summed E-state index contributed by atoms with van der Waals surface area (Å²) < 4.78 is 0.738. The fourth-order valence-corrected chi connectivity index (χ4v) is 5.79. The van der Waals surface area contributed by atoms with Crippen molar-refractivity contribution in [2.24, 2.45) is 0 Å². The first-order chi connectivity index (χ1) is 13.2. The topological polar surface area (TPSA) is 75.2 Å². The van der Waals surface area contributed by atoms with Crippen molar-refractivity contribution in [3.05, 3.63) is 0 Å². The van der Waals surface area contributed by atoms with E-state index in [9.17, 15) is 9.59 Å². The van der Waals surface area contributed by atoms with Gasteiger partial charge in [0, 0.05) is 18.5 Å². The third-order valence-corrected chi connectivity index (χ3v) is 7.47. The molecule has 2 saturated carbocycles. The summed E-state index contributed by atoms with van der Waals surface area (Å²) in [4.78, 5) is 26.8. The summed E-state index contributed by atoms with van der Waals surface area (Å²) in [6.45, 7) is 1.80. The number of hydrogen-bond acceptors (Lipinski definition) is 6. The van der Waals surface area contributed by atoms with E-state index in [2.05, 4.69) is 20.4 Å². The minimum Gasteiger partial charge on any atom is -0.336 e. The zero-order valence-electron chi connectivity index (χ0n) is 16.1. The number of carbonyl (C=O) groups excluding carboxylic acids is 2. The summed E-state index contributed by atoms with van der Waals surface area (Å²) in [5.41, 5.74) is 0. The Labute approximate surface area is 169 Å². The fraction of sp³-hybridized carbons (Fsp3) is 0.789. The van der Waals surface area contributed by atoms with Gasteiger partial charge in [0.25, 0.3) is 0 Å². The van der Waals surface area contributed by atoms with Crippen LogP contribution in [0.4, 0.5) is 5.13 Å². The van der Waals surface area contributed by atoms with E-state index in [4.69, 9.17) is 0 Å². The highest BCUT2D eigenvalue weighted by molar-refractivity contribution is 8.01. The molecule has 2 aliphatic carbocycles. The Kier molecular flexibility index (Phi) is 7.93. The molecule has 0 saturated heterocycles. The Morgan fingerprint density at radius 1 is 1.04 bits per heavy atom. The zero-order valence-corrected chi connectivity index (χ0v) is 17.7. The van der Waals surface area contributed by atoms with Gasteiger partial charge in [0.1, 0.15) is 0 Å². The molecule has 0 spiro atoms. The number of carbonyl (C=O) groups is 2. The maximum absolute atomic E-state index is 13.1. The molecule has 1 N–H and O–H groups in total. The van der Waals surface area contributed by atoms with Crippen molar-refractivity contribution in [2.45, 2.75) is 94.0 Å². The molecule has 2 amide bonds. The lowest BCUT2D eigenvalue weighted by atomic mass is 9.88. The zero-order chi connectivity index (χ0) is 19.1. The van der Waals surface area contributed by atoms with Crippen LogP contribution in [0.5, 0.6) is 0 Å². The van der Waals surface area contributed by atoms with Gasteiger partial charge in [-0.15, -0.1) is 10.2 Å². The van der Waals surface area contributed by atoms with Crippen molar-refractivity contribution in [3.8, 4) is 0 Å². The molecule has 3 rings (SSSR count). The van der Waals surface area contributed by atoms with Crippen LogP contribution in [0.2, 0.25) is 0 Å². The predicted octanol–water partition coefficient (Wildman–Crippen LogP) is 4.47. The molecule has 0 aromatic carbocycles. The summed E-state index contributed by atoms with van der Waals surface area (Å²) in [5, 5.41) is 11.3. The van der Waals surface area contributed by atoms with Crippen LogP contribution >= 0.6 is 23.1 Å². The van der Waals surface area contributed by atoms with Crippen molar-refractivity contribution in [1.82, 2.24) is 15.1 Å². The minimum absolute atomic E-state index is 0.0699. The third kappa shape index (κ3) is 5.91. The first-order valence-electron chi connectivity index (χ1n) is 10.2. The fourth-order valence-electron chi connectivity index (χ4n) is 4.15. The number of nitrogens with one attached hydrogen (secondary N) is 1. The van der Waals surface area contributed by atoms with Gasteiger partial charge >= 0.3 is 0 Å². The van der Waals surface area contributed by atoms with E-state index in [0.717, 1.165) is 30.0 Å². The Morgan fingerprint density at radius 2 is 1.63 bits per heavy atom. The Balaban J connectivity index is 1.59. The van der Waals surface area contributed by atoms with Crippen LogP contribution < -0.4 is 5.32 Å². The molecule has 0 unspecified atom stereocenters. The predicted molar refractivity (Wildman–Crippen MR) is 110 cm³/mol. The molecule has 0 bridgehead atoms. The molecule has 6 nitrogen and oxygen atoms in total. The van der Waals surface area contributed by atoms with Crippen LogP contribution in [0, 0.1) is 0 Å². The highest BCUT2D eigenvalue weighted by atomic mass is 32.2. The van der Waals surface area contributed by atoms with Gasteiger partial charge in [-0.25, -0.2) is 0 Å². The van der Waals surface area contributed by atoms with Crippen LogP contribution in [0.15, 0.2) is 4.34 Å². The van der Waals surface area contributed by atoms with Gasteiger partial charge in [-0.1, -0.05) is 68.5 Å². The van der Waals surface area contributed by atoms with E-state index >= 15 is 0 Å². The minimum atomic E-state index is -0.0699. The van der Waals surface area contributed by atoms with Crippen LogP contribution in [-0.2, 0) is 9.59 Å². The van der Waals surface area contributed by atoms with E-state index in [0.29, 0.717) is 29.4 Å². The smallest absolute Gasteiger partial charge is 0.233 e. The molecule has 1 aromatic heterocycles. The van der Waals surface area contributed by atoms with Gasteiger partial charge in [0.2, 0.25) is 16.9 Å². The second-order valence-corrected chi connectivity index (χ2v) is 9.65. The Morgan fingerprint density at radius 3 is 2.19 bits per heavy atom. The number of nitrogens with zero attached hydrogens (tertiary/aromatic N) is 3. The van der Waals surface area contributed by atoms with Crippen LogP contribution in [-0.4, -0.2) is 44.7 Å². The van der Waals surface area contributed by atoms with Crippen molar-refractivity contribution in [2.75, 3.05) is 11.1 Å². The summed E-state index contributed by atoms with van der Waals surface area (Å²) in [7, 11) is 0. The number of aromatic nitrogens is 2. The van der Waals surface area contributed by atoms with Gasteiger partial charge in [0.15, 0.2) is 4.34 Å². The van der Waals surface area contributed by atoms with Crippen molar-refractivity contribution in [3.63, 3.8) is 0 Å². The lowest BCUT2D eigenvalue weighted by molar-refractivity contribution is -0.135. The van der Waals surface area contributed by atoms with Crippen LogP contribution in [0.3, 0.4) is 0 Å². The third-order valence-electron chi connectivity index (χ3n) is 5.52. The maximum atomic E-state index is 13.1. The highest BCUT2D eigenvalue weighted by Crippen LogP contribution is 2.32. The normalized spacial score (nSPS) is 19.0. The van der Waals surface area contributed by atoms with Crippen molar-refractivity contribution >= 4 is 40.0 Å². The number of amides is 2. The number of rotatable bonds is 7. The SMILES string of the molecule is CCC(=O)Nc1nnc(SCC(=O)N(C2CCCCC2)C2CCCCC2)s1. The van der Waals surface area contributed by atoms with Gasteiger partial charge in [0.05, 0.1) is 5.75 Å². The molecule has 0 aliphatic heterocycles. The first kappa shape index (κ1) is 20.6. The Hall–Kier alpha value is -1.15. The van der Waals surface area contributed by atoms with E-state index in [-0.39, 0.29) is 11.8 Å². The molecule has 2 fully saturated rings. The standard InChI is InChI=1S/C19H30N4O2S2/c1-2-16(24)20-18-21-22-19(27-18)26-13-17(25)23(14-9-5-3-6-10-14)15-11-7-4-8-12-15/h14-15H,2-13H2,1H3,(H,20,21,24). The Bertz CT molecular complexity index is 607. The van der Waals surface area contributed by atoms with Gasteiger partial charge in [-0.05, 0) is 25.7 Å². The molecular formula is C19H30N4O2S2. The first-order valence-corrected chi connectivity index (χ1v) is 12.0. The van der Waals surface area contributed by atoms with Gasteiger partial charge in [-0.2, -0.15) is 0 Å². The summed E-state index contributed by atoms with van der Waals surface area (Å²) in [5.74, 6) is 0.580. The lowest BCUT2D eigenvalue weighted by Gasteiger charge is -2.41. The second kappa shape index (κ2) is 10.4. The van der Waals surface area contributed by atoms with Gasteiger partial charge < -0.3 is 10.2 Å². The lowest BCUT2D eigenvalue weighted by Crippen LogP contribution is -2.49. The monoisotopic (exact) mass is 410 g/mol. The average Bonchev–Trinajstić information content (AvgIpc) is 3.15. The maximum Gasteiger partial charge on any atom is 0.233 e. The summed E-state index contributed by atoms with van der Waals surface area (Å²) in [6.07, 6.45) is 12.6. The molecule has 0 atom stereocenters. The van der Waals surface area contributed by atoms with E-state index in [1.54, 1.807) is 6.92 Å². The summed E-state index contributed by atoms with van der Waals surface area (Å²) in [6, 6.07) is 0.840. The number of hydrogen-bond donors (Lipinski definition) is 1. The van der Waals surface area contributed by atoms with E-state index in [1.807, 2.05) is 0 Å². The molecule has 8 heteroatoms. The molecule has 1 aromatic rings. The summed E-state index contributed by atoms with van der Waals surface area (Å²) >= 11 is 2.78. The number of anilines is 1. The quantitative estimate of drug-likeness (QED) is 0.530. The van der Waals surface area contributed by atoms with Crippen molar-refractivity contribution < 1.29 is 9.59 Å². The molecule has 27 heavy (non-hydrogen) atoms. The van der Waals surface area contributed by atoms with E-state index < -0.39 is 0 Å². The molecule has 2 aliphatic rings. The molecule has 1 heterocycles. The highest BCUT2D eigenvalue weighted by Gasteiger charge is 2.32. The van der Waals surface area contributed by atoms with E-state index in [1.165, 1.54) is 61.6 Å². The largest absolute Gasteiger partial charge is 0.336 e. The van der Waals surface area contributed by atoms with Gasteiger partial charge in [-0.3, -0.25) is 9.59 Å². The molecular weight excluding hydrogens is 380 g/mol. The average molecular weight is 411 g/mol. The second-order valence-electron chi connectivity index (χ2n) is 7.45. The van der Waals surface area contributed by atoms with Crippen LogP contribution in [0.1, 0.15) is 77.6 Å².